The fraction of sp³-hybridized carbons (Fsp3) is 0.500. The lowest BCUT2D eigenvalue weighted by molar-refractivity contribution is 0.284. The van der Waals surface area contributed by atoms with Gasteiger partial charge in [0.15, 0.2) is 0 Å². The lowest BCUT2D eigenvalue weighted by Gasteiger charge is -2.33. The number of rotatable bonds is 2. The van der Waals surface area contributed by atoms with Gasteiger partial charge < -0.3 is 5.32 Å². The molecular formula is C12H17Cl2FN2O2S. The number of hydrogen-bond donors (Lipinski definition) is 1. The van der Waals surface area contributed by atoms with Gasteiger partial charge in [0.25, 0.3) is 0 Å². The summed E-state index contributed by atoms with van der Waals surface area (Å²) in [7, 11) is -3.69. The van der Waals surface area contributed by atoms with E-state index in [9.17, 15) is 12.8 Å². The van der Waals surface area contributed by atoms with E-state index in [1.54, 1.807) is 0 Å². The molecule has 1 aromatic rings. The molecule has 0 aliphatic carbocycles. The molecular weight excluding hydrogens is 326 g/mol. The summed E-state index contributed by atoms with van der Waals surface area (Å²) < 4.78 is 39.9. The van der Waals surface area contributed by atoms with Gasteiger partial charge in [-0.2, -0.15) is 4.31 Å². The number of sulfonamides is 1. The Morgan fingerprint density at radius 2 is 2.10 bits per heavy atom. The zero-order valence-corrected chi connectivity index (χ0v) is 13.6. The Balaban J connectivity index is 0.00000200. The Morgan fingerprint density at radius 3 is 2.70 bits per heavy atom. The highest BCUT2D eigenvalue weighted by Crippen LogP contribution is 2.28. The molecule has 1 aliphatic heterocycles. The minimum absolute atomic E-state index is 0. The van der Waals surface area contributed by atoms with Gasteiger partial charge in [0.05, 0.1) is 5.02 Å². The molecule has 0 radical (unpaired) electrons. The summed E-state index contributed by atoms with van der Waals surface area (Å²) in [5, 5.41) is 3.05. The molecule has 4 nitrogen and oxygen atoms in total. The normalized spacial score (nSPS) is 20.5. The molecule has 0 aromatic heterocycles. The van der Waals surface area contributed by atoms with Crippen molar-refractivity contribution in [3.63, 3.8) is 0 Å². The van der Waals surface area contributed by atoms with E-state index in [1.165, 1.54) is 17.3 Å². The van der Waals surface area contributed by atoms with Gasteiger partial charge in [0.2, 0.25) is 10.0 Å². The van der Waals surface area contributed by atoms with Gasteiger partial charge in [-0.1, -0.05) is 11.6 Å². The van der Waals surface area contributed by atoms with E-state index in [4.69, 9.17) is 11.6 Å². The van der Waals surface area contributed by atoms with E-state index in [1.807, 2.05) is 6.92 Å². The zero-order valence-electron chi connectivity index (χ0n) is 11.2. The maximum absolute atomic E-state index is 13.4. The van der Waals surface area contributed by atoms with Crippen molar-refractivity contribution < 1.29 is 12.8 Å². The first-order valence-electron chi connectivity index (χ1n) is 6.02. The predicted molar refractivity (Wildman–Crippen MR) is 79.6 cm³/mol. The summed E-state index contributed by atoms with van der Waals surface area (Å²) in [6, 6.07) is 2.19. The summed E-state index contributed by atoms with van der Waals surface area (Å²) in [6.45, 7) is 4.93. The van der Waals surface area contributed by atoms with Crippen molar-refractivity contribution in [2.24, 2.45) is 0 Å². The molecule has 8 heteroatoms. The van der Waals surface area contributed by atoms with Gasteiger partial charge in [-0.05, 0) is 31.5 Å². The van der Waals surface area contributed by atoms with Crippen LogP contribution in [0.3, 0.4) is 0 Å². The first-order valence-corrected chi connectivity index (χ1v) is 7.84. The fourth-order valence-corrected chi connectivity index (χ4v) is 4.34. The second-order valence-corrected chi connectivity index (χ2v) is 6.97. The van der Waals surface area contributed by atoms with Gasteiger partial charge >= 0.3 is 0 Å². The SMILES string of the molecule is Cc1cc(S(=O)(=O)N2CCNCC2C)c(Cl)cc1F.Cl. The number of hydrogen-bond acceptors (Lipinski definition) is 3. The van der Waals surface area contributed by atoms with Crippen LogP contribution in [-0.2, 0) is 10.0 Å². The molecule has 1 aromatic carbocycles. The number of benzene rings is 1. The molecule has 0 bridgehead atoms. The van der Waals surface area contributed by atoms with E-state index in [0.29, 0.717) is 19.6 Å². The second kappa shape index (κ2) is 6.58. The molecule has 1 saturated heterocycles. The molecule has 1 unspecified atom stereocenters. The van der Waals surface area contributed by atoms with Crippen LogP contribution in [0.5, 0.6) is 0 Å². The molecule has 0 saturated carbocycles. The van der Waals surface area contributed by atoms with Gasteiger partial charge in [-0.3, -0.25) is 0 Å². The van der Waals surface area contributed by atoms with Crippen LogP contribution in [-0.4, -0.2) is 38.4 Å². The van der Waals surface area contributed by atoms with Gasteiger partial charge in [-0.25, -0.2) is 12.8 Å². The minimum atomic E-state index is -3.69. The van der Waals surface area contributed by atoms with E-state index in [-0.39, 0.29) is 33.9 Å². The third kappa shape index (κ3) is 3.26. The van der Waals surface area contributed by atoms with Crippen LogP contribution in [0.1, 0.15) is 12.5 Å². The van der Waals surface area contributed by atoms with E-state index in [2.05, 4.69) is 5.32 Å². The summed E-state index contributed by atoms with van der Waals surface area (Å²) in [6.07, 6.45) is 0. The van der Waals surface area contributed by atoms with Gasteiger partial charge in [0, 0.05) is 25.7 Å². The average molecular weight is 343 g/mol. The molecule has 0 spiro atoms. The monoisotopic (exact) mass is 342 g/mol. The zero-order chi connectivity index (χ0) is 14.2. The molecule has 1 atom stereocenters. The lowest BCUT2D eigenvalue weighted by atomic mass is 10.2. The molecule has 1 aliphatic rings. The molecule has 114 valence electrons. The summed E-state index contributed by atoms with van der Waals surface area (Å²) in [5.74, 6) is -0.502. The first-order chi connectivity index (χ1) is 8.84. The van der Waals surface area contributed by atoms with Crippen LogP contribution in [0.4, 0.5) is 4.39 Å². The van der Waals surface area contributed by atoms with Crippen molar-refractivity contribution in [1.29, 1.82) is 0 Å². The van der Waals surface area contributed by atoms with Crippen molar-refractivity contribution in [3.8, 4) is 0 Å². The van der Waals surface area contributed by atoms with Crippen LogP contribution in [0, 0.1) is 12.7 Å². The second-order valence-electron chi connectivity index (χ2n) is 4.70. The smallest absolute Gasteiger partial charge is 0.244 e. The quantitative estimate of drug-likeness (QED) is 0.896. The average Bonchev–Trinajstić information content (AvgIpc) is 2.34. The third-order valence-corrected chi connectivity index (χ3v) is 5.72. The predicted octanol–water partition coefficient (Wildman–Crippen LogP) is 2.19. The Hall–Kier alpha value is -0.400. The van der Waals surface area contributed by atoms with Crippen LogP contribution in [0.2, 0.25) is 5.02 Å². The minimum Gasteiger partial charge on any atom is -0.314 e. The van der Waals surface area contributed by atoms with Gasteiger partial charge in [-0.15, -0.1) is 12.4 Å². The van der Waals surface area contributed by atoms with E-state index < -0.39 is 15.8 Å². The van der Waals surface area contributed by atoms with Crippen LogP contribution in [0.25, 0.3) is 0 Å². The Labute approximate surface area is 129 Å². The number of halogens is 3. The summed E-state index contributed by atoms with van der Waals surface area (Å²) in [5.41, 5.74) is 0.269. The number of aryl methyl sites for hydroxylation is 1. The van der Waals surface area contributed by atoms with Crippen molar-refractivity contribution >= 4 is 34.0 Å². The summed E-state index contributed by atoms with van der Waals surface area (Å²) in [4.78, 5) is -0.0261. The molecule has 1 fully saturated rings. The Morgan fingerprint density at radius 1 is 1.45 bits per heavy atom. The van der Waals surface area contributed by atoms with E-state index >= 15 is 0 Å². The van der Waals surface area contributed by atoms with Crippen molar-refractivity contribution in [3.05, 3.63) is 28.5 Å². The summed E-state index contributed by atoms with van der Waals surface area (Å²) >= 11 is 5.89. The lowest BCUT2D eigenvalue weighted by Crippen LogP contribution is -2.52. The Bertz CT molecular complexity index is 595. The van der Waals surface area contributed by atoms with Crippen LogP contribution >= 0.6 is 24.0 Å². The van der Waals surface area contributed by atoms with Gasteiger partial charge in [0.1, 0.15) is 10.7 Å². The molecule has 2 rings (SSSR count). The van der Waals surface area contributed by atoms with Crippen molar-refractivity contribution in [2.75, 3.05) is 19.6 Å². The molecule has 1 N–H and O–H groups in total. The molecule has 0 amide bonds. The highest BCUT2D eigenvalue weighted by atomic mass is 35.5. The maximum atomic E-state index is 13.4. The number of piperazine rings is 1. The maximum Gasteiger partial charge on any atom is 0.244 e. The molecule has 1 heterocycles. The highest BCUT2D eigenvalue weighted by Gasteiger charge is 2.32. The topological polar surface area (TPSA) is 49.4 Å². The highest BCUT2D eigenvalue weighted by molar-refractivity contribution is 7.89. The fourth-order valence-electron chi connectivity index (χ4n) is 2.13. The number of nitrogens with zero attached hydrogens (tertiary/aromatic N) is 1. The van der Waals surface area contributed by atoms with Crippen LogP contribution < -0.4 is 5.32 Å². The van der Waals surface area contributed by atoms with Crippen LogP contribution in [0.15, 0.2) is 17.0 Å². The Kier molecular flexibility index (Phi) is 5.80. The van der Waals surface area contributed by atoms with Crippen molar-refractivity contribution in [2.45, 2.75) is 24.8 Å². The third-order valence-electron chi connectivity index (χ3n) is 3.24. The first kappa shape index (κ1) is 17.7. The standard InChI is InChI=1S/C12H16ClFN2O2S.ClH/c1-8-5-12(10(13)6-11(8)14)19(17,18)16-4-3-15-7-9(16)2;/h5-6,9,15H,3-4,7H2,1-2H3;1H. The van der Waals surface area contributed by atoms with E-state index in [0.717, 1.165) is 6.07 Å². The largest absolute Gasteiger partial charge is 0.314 e. The van der Waals surface area contributed by atoms with Crippen molar-refractivity contribution in [1.82, 2.24) is 9.62 Å². The number of nitrogens with one attached hydrogen (secondary N) is 1. The molecule has 20 heavy (non-hydrogen) atoms.